The Labute approximate surface area is 178 Å². The van der Waals surface area contributed by atoms with Gasteiger partial charge in [0, 0.05) is 23.6 Å². The number of carbonyl (C=O) groups excluding carboxylic acids is 1. The van der Waals surface area contributed by atoms with Gasteiger partial charge in [-0.1, -0.05) is 24.3 Å². The second kappa shape index (κ2) is 10.6. The number of nitrogens with zero attached hydrogens (tertiary/aromatic N) is 1. The molecule has 1 aromatic heterocycles. The average Bonchev–Trinajstić information content (AvgIpc) is 3.26. The topological polar surface area (TPSA) is 94.6 Å². The molecule has 0 radical (unpaired) electrons. The minimum Gasteiger partial charge on any atom is -0.467 e. The molecule has 2 aromatic carbocycles. The summed E-state index contributed by atoms with van der Waals surface area (Å²) in [5.41, 5.74) is 2.03. The number of carbonyl (C=O) groups is 1. The Bertz CT molecular complexity index is 973. The Hall–Kier alpha value is -3.10. The molecule has 1 amide bonds. The Kier molecular flexibility index (Phi) is 7.64. The van der Waals surface area contributed by atoms with Crippen LogP contribution in [0.3, 0.4) is 0 Å². The van der Waals surface area contributed by atoms with Crippen molar-refractivity contribution >= 4 is 23.4 Å². The van der Waals surface area contributed by atoms with E-state index in [1.807, 2.05) is 36.4 Å². The predicted molar refractivity (Wildman–Crippen MR) is 114 cm³/mol. The number of benzene rings is 2. The fourth-order valence-electron chi connectivity index (χ4n) is 2.73. The van der Waals surface area contributed by atoms with E-state index in [0.29, 0.717) is 19.8 Å². The number of rotatable bonds is 10. The zero-order valence-electron chi connectivity index (χ0n) is 16.4. The normalized spacial score (nSPS) is 11.8. The van der Waals surface area contributed by atoms with Crippen LogP contribution in [-0.4, -0.2) is 16.1 Å². The maximum atomic E-state index is 12.4. The number of furan rings is 1. The Morgan fingerprint density at radius 3 is 2.60 bits per heavy atom. The molecule has 0 fully saturated rings. The summed E-state index contributed by atoms with van der Waals surface area (Å²) in [5, 5.41) is 13.3. The number of hydrogen-bond acceptors (Lipinski definition) is 6. The zero-order chi connectivity index (χ0) is 21.3. The monoisotopic (exact) mass is 426 g/mol. The van der Waals surface area contributed by atoms with E-state index in [1.165, 1.54) is 23.9 Å². The molecule has 0 saturated heterocycles. The molecule has 0 aliphatic heterocycles. The van der Waals surface area contributed by atoms with Gasteiger partial charge in [-0.3, -0.25) is 14.9 Å². The number of ether oxygens (including phenoxy) is 1. The van der Waals surface area contributed by atoms with Crippen LogP contribution >= 0.6 is 11.8 Å². The van der Waals surface area contributed by atoms with Crippen LogP contribution in [-0.2, 0) is 29.3 Å². The van der Waals surface area contributed by atoms with E-state index in [-0.39, 0.29) is 16.8 Å². The van der Waals surface area contributed by atoms with Crippen molar-refractivity contribution in [2.45, 2.75) is 36.8 Å². The van der Waals surface area contributed by atoms with E-state index >= 15 is 0 Å². The van der Waals surface area contributed by atoms with E-state index < -0.39 is 4.92 Å². The maximum absolute atomic E-state index is 12.4. The highest BCUT2D eigenvalue weighted by atomic mass is 32.2. The van der Waals surface area contributed by atoms with Crippen LogP contribution in [0.2, 0.25) is 0 Å². The van der Waals surface area contributed by atoms with E-state index in [2.05, 4.69) is 5.32 Å². The number of thioether (sulfide) groups is 1. The third kappa shape index (κ3) is 6.47. The van der Waals surface area contributed by atoms with Gasteiger partial charge in [0.1, 0.15) is 12.4 Å². The summed E-state index contributed by atoms with van der Waals surface area (Å²) in [6.45, 7) is 3.08. The van der Waals surface area contributed by atoms with Crippen LogP contribution in [0.1, 0.15) is 23.8 Å². The van der Waals surface area contributed by atoms with Crippen molar-refractivity contribution < 1.29 is 18.9 Å². The standard InChI is InChI=1S/C22H22N2O5S/c1-16(30-21-9-7-19(8-10-21)24(26)27)22(25)23-13-17-4-2-5-18(12-17)14-28-15-20-6-3-11-29-20/h2-12,16H,13-15H2,1H3,(H,23,25). The highest BCUT2D eigenvalue weighted by Gasteiger charge is 2.15. The third-order valence-electron chi connectivity index (χ3n) is 4.28. The molecule has 1 unspecified atom stereocenters. The van der Waals surface area contributed by atoms with Gasteiger partial charge in [0.25, 0.3) is 5.69 Å². The summed E-state index contributed by atoms with van der Waals surface area (Å²) in [4.78, 5) is 23.5. The number of nitro groups is 1. The van der Waals surface area contributed by atoms with Gasteiger partial charge in [0.15, 0.2) is 0 Å². The molecule has 7 nitrogen and oxygen atoms in total. The van der Waals surface area contributed by atoms with Gasteiger partial charge in [0.2, 0.25) is 5.91 Å². The maximum Gasteiger partial charge on any atom is 0.269 e. The zero-order valence-corrected chi connectivity index (χ0v) is 17.3. The molecule has 3 rings (SSSR count). The lowest BCUT2D eigenvalue weighted by Gasteiger charge is -2.12. The summed E-state index contributed by atoms with van der Waals surface area (Å²) in [7, 11) is 0. The first kappa shape index (κ1) is 21.6. The molecule has 0 bridgehead atoms. The molecule has 3 aromatic rings. The van der Waals surface area contributed by atoms with Crippen LogP contribution in [0, 0.1) is 10.1 Å². The molecule has 0 spiro atoms. The Morgan fingerprint density at radius 1 is 1.13 bits per heavy atom. The van der Waals surface area contributed by atoms with Crippen molar-refractivity contribution in [2.75, 3.05) is 0 Å². The molecule has 0 saturated carbocycles. The van der Waals surface area contributed by atoms with Crippen molar-refractivity contribution in [1.82, 2.24) is 5.32 Å². The minimum absolute atomic E-state index is 0.0319. The van der Waals surface area contributed by atoms with Gasteiger partial charge >= 0.3 is 0 Å². The molecule has 1 atom stereocenters. The van der Waals surface area contributed by atoms with Crippen molar-refractivity contribution in [3.63, 3.8) is 0 Å². The molecular weight excluding hydrogens is 404 g/mol. The minimum atomic E-state index is -0.444. The van der Waals surface area contributed by atoms with Crippen molar-refractivity contribution in [2.24, 2.45) is 0 Å². The summed E-state index contributed by atoms with van der Waals surface area (Å²) < 4.78 is 10.9. The first-order valence-corrected chi connectivity index (χ1v) is 10.3. The van der Waals surface area contributed by atoms with Crippen LogP contribution < -0.4 is 5.32 Å². The summed E-state index contributed by atoms with van der Waals surface area (Å²) in [5.74, 6) is 0.677. The second-order valence-corrected chi connectivity index (χ2v) is 8.04. The molecule has 30 heavy (non-hydrogen) atoms. The van der Waals surface area contributed by atoms with Crippen LogP contribution in [0.4, 0.5) is 5.69 Å². The van der Waals surface area contributed by atoms with E-state index in [0.717, 1.165) is 21.8 Å². The highest BCUT2D eigenvalue weighted by Crippen LogP contribution is 2.25. The molecule has 1 N–H and O–H groups in total. The summed E-state index contributed by atoms with van der Waals surface area (Å²) >= 11 is 1.36. The number of non-ortho nitro benzene ring substituents is 1. The van der Waals surface area contributed by atoms with Gasteiger partial charge in [-0.25, -0.2) is 0 Å². The lowest BCUT2D eigenvalue weighted by Crippen LogP contribution is -2.30. The van der Waals surface area contributed by atoms with Crippen LogP contribution in [0.15, 0.2) is 76.2 Å². The number of nitrogens with one attached hydrogen (secondary N) is 1. The summed E-state index contributed by atoms with van der Waals surface area (Å²) in [6.07, 6.45) is 1.61. The van der Waals surface area contributed by atoms with Crippen LogP contribution in [0.25, 0.3) is 0 Å². The smallest absolute Gasteiger partial charge is 0.269 e. The van der Waals surface area contributed by atoms with Gasteiger partial charge < -0.3 is 14.5 Å². The molecule has 0 aliphatic carbocycles. The largest absolute Gasteiger partial charge is 0.467 e. The van der Waals surface area contributed by atoms with E-state index in [4.69, 9.17) is 9.15 Å². The lowest BCUT2D eigenvalue weighted by atomic mass is 10.1. The van der Waals surface area contributed by atoms with Crippen molar-refractivity contribution in [1.29, 1.82) is 0 Å². The van der Waals surface area contributed by atoms with Gasteiger partial charge in [0.05, 0.1) is 23.0 Å². The first-order chi connectivity index (χ1) is 14.5. The van der Waals surface area contributed by atoms with Crippen molar-refractivity contribution in [3.8, 4) is 0 Å². The molecule has 0 aliphatic rings. The third-order valence-corrected chi connectivity index (χ3v) is 5.39. The summed E-state index contributed by atoms with van der Waals surface area (Å²) in [6, 6.07) is 17.7. The van der Waals surface area contributed by atoms with Crippen molar-refractivity contribution in [3.05, 3.63) is 93.9 Å². The fraction of sp³-hybridized carbons (Fsp3) is 0.227. The Balaban J connectivity index is 1.45. The Morgan fingerprint density at radius 2 is 1.90 bits per heavy atom. The lowest BCUT2D eigenvalue weighted by molar-refractivity contribution is -0.384. The number of amides is 1. The van der Waals surface area contributed by atoms with Gasteiger partial charge in [-0.15, -0.1) is 11.8 Å². The fourth-order valence-corrected chi connectivity index (χ4v) is 3.62. The SMILES string of the molecule is CC(Sc1ccc([N+](=O)[O-])cc1)C(=O)NCc1cccc(COCc2ccco2)c1. The molecule has 8 heteroatoms. The molecule has 1 heterocycles. The predicted octanol–water partition coefficient (Wildman–Crippen LogP) is 4.70. The van der Waals surface area contributed by atoms with E-state index in [9.17, 15) is 14.9 Å². The number of hydrogen-bond donors (Lipinski definition) is 1. The van der Waals surface area contributed by atoms with Gasteiger partial charge in [-0.05, 0) is 42.3 Å². The first-order valence-electron chi connectivity index (χ1n) is 9.38. The van der Waals surface area contributed by atoms with Gasteiger partial charge in [-0.2, -0.15) is 0 Å². The number of nitro benzene ring substituents is 1. The van der Waals surface area contributed by atoms with E-state index in [1.54, 1.807) is 25.3 Å². The van der Waals surface area contributed by atoms with Crippen LogP contribution in [0.5, 0.6) is 0 Å². The molecule has 156 valence electrons. The highest BCUT2D eigenvalue weighted by molar-refractivity contribution is 8.00. The molecular formula is C22H22N2O5S. The average molecular weight is 426 g/mol. The second-order valence-electron chi connectivity index (χ2n) is 6.62. The quantitative estimate of drug-likeness (QED) is 0.287.